The zero-order valence-corrected chi connectivity index (χ0v) is 19.4. The molecule has 2 fully saturated rings. The van der Waals surface area contributed by atoms with Gasteiger partial charge in [0.05, 0.1) is 22.4 Å². The molecule has 1 aromatic carbocycles. The second-order valence-electron chi connectivity index (χ2n) is 9.20. The van der Waals surface area contributed by atoms with Gasteiger partial charge in [-0.1, -0.05) is 6.42 Å². The molecule has 0 aliphatic carbocycles. The number of likely N-dealkylation sites (tertiary alicyclic amines) is 1. The van der Waals surface area contributed by atoms with Crippen LogP contribution in [-0.4, -0.2) is 69.9 Å². The summed E-state index contributed by atoms with van der Waals surface area (Å²) in [7, 11) is -6.90. The van der Waals surface area contributed by atoms with Gasteiger partial charge >= 0.3 is 0 Å². The molecule has 2 heterocycles. The van der Waals surface area contributed by atoms with Gasteiger partial charge in [0.2, 0.25) is 10.0 Å². The van der Waals surface area contributed by atoms with Crippen molar-refractivity contribution in [3.8, 4) is 0 Å². The molecule has 10 heteroatoms. The number of carbonyl (C=O) groups is 1. The summed E-state index contributed by atoms with van der Waals surface area (Å²) in [6.07, 6.45) is 3.22. The molecule has 0 spiro atoms. The van der Waals surface area contributed by atoms with Crippen LogP contribution in [0.15, 0.2) is 29.2 Å². The van der Waals surface area contributed by atoms with E-state index in [4.69, 9.17) is 0 Å². The summed E-state index contributed by atoms with van der Waals surface area (Å²) in [6, 6.07) is 4.99. The molecule has 30 heavy (non-hydrogen) atoms. The number of carbonyl (C=O) groups excluding carboxylic acids is 1. The van der Waals surface area contributed by atoms with Crippen LogP contribution in [0, 0.1) is 0 Å². The molecule has 2 aliphatic rings. The summed E-state index contributed by atoms with van der Waals surface area (Å²) in [5, 5.41) is 2.87. The first-order valence-corrected chi connectivity index (χ1v) is 13.6. The number of nitrogens with zero attached hydrogens (tertiary/aromatic N) is 1. The van der Waals surface area contributed by atoms with Gasteiger partial charge in [-0.05, 0) is 71.0 Å². The molecule has 2 aliphatic heterocycles. The standard InChI is InChI=1S/C20H31N3O5S2/c1-20(2,3)22-30(27,28)16-9-7-15(8-10-16)19(24)21-17-13-29(25,26)14-18(17)23-11-5-4-6-12-23/h7-10,17-18,22H,4-6,11-14H2,1-3H3,(H,21,24). The van der Waals surface area contributed by atoms with E-state index in [1.165, 1.54) is 24.3 Å². The summed E-state index contributed by atoms with van der Waals surface area (Å²) >= 11 is 0. The highest BCUT2D eigenvalue weighted by Crippen LogP contribution is 2.23. The lowest BCUT2D eigenvalue weighted by molar-refractivity contribution is 0.0900. The second kappa shape index (κ2) is 8.57. The van der Waals surface area contributed by atoms with E-state index in [1.807, 2.05) is 0 Å². The van der Waals surface area contributed by atoms with E-state index in [2.05, 4.69) is 14.9 Å². The normalized spacial score (nSPS) is 25.2. The highest BCUT2D eigenvalue weighted by Gasteiger charge is 2.42. The van der Waals surface area contributed by atoms with E-state index >= 15 is 0 Å². The third-order valence-corrected chi connectivity index (χ3v) is 8.86. The van der Waals surface area contributed by atoms with Crippen LogP contribution < -0.4 is 10.0 Å². The molecule has 0 bridgehead atoms. The van der Waals surface area contributed by atoms with Crippen molar-refractivity contribution in [2.45, 2.75) is 62.6 Å². The zero-order chi connectivity index (χ0) is 22.2. The van der Waals surface area contributed by atoms with Gasteiger partial charge in [0.15, 0.2) is 9.84 Å². The summed E-state index contributed by atoms with van der Waals surface area (Å²) in [6.45, 7) is 6.95. The van der Waals surface area contributed by atoms with Crippen LogP contribution >= 0.6 is 0 Å². The third-order valence-electron chi connectivity index (χ3n) is 5.37. The van der Waals surface area contributed by atoms with Gasteiger partial charge < -0.3 is 5.32 Å². The van der Waals surface area contributed by atoms with Gasteiger partial charge in [-0.2, -0.15) is 0 Å². The monoisotopic (exact) mass is 457 g/mol. The van der Waals surface area contributed by atoms with Crippen molar-refractivity contribution in [1.29, 1.82) is 0 Å². The lowest BCUT2D eigenvalue weighted by Gasteiger charge is -2.35. The molecule has 0 aromatic heterocycles. The highest BCUT2D eigenvalue weighted by atomic mass is 32.2. The minimum absolute atomic E-state index is 0.0631. The van der Waals surface area contributed by atoms with Crippen molar-refractivity contribution in [1.82, 2.24) is 14.9 Å². The van der Waals surface area contributed by atoms with Crippen LogP contribution in [-0.2, 0) is 19.9 Å². The van der Waals surface area contributed by atoms with Crippen molar-refractivity contribution in [3.63, 3.8) is 0 Å². The predicted octanol–water partition coefficient (Wildman–Crippen LogP) is 1.14. The minimum Gasteiger partial charge on any atom is -0.347 e. The Bertz CT molecular complexity index is 976. The Balaban J connectivity index is 1.72. The molecule has 2 unspecified atom stereocenters. The topological polar surface area (TPSA) is 113 Å². The average molecular weight is 458 g/mol. The van der Waals surface area contributed by atoms with Gasteiger partial charge in [0, 0.05) is 17.1 Å². The molecular formula is C20H31N3O5S2. The summed E-state index contributed by atoms with van der Waals surface area (Å²) in [4.78, 5) is 15.0. The first-order chi connectivity index (χ1) is 13.9. The molecule has 2 saturated heterocycles. The molecule has 1 amide bonds. The maximum Gasteiger partial charge on any atom is 0.251 e. The lowest BCUT2D eigenvalue weighted by Crippen LogP contribution is -2.52. The Hall–Kier alpha value is -1.49. The van der Waals surface area contributed by atoms with E-state index in [9.17, 15) is 21.6 Å². The smallest absolute Gasteiger partial charge is 0.251 e. The number of hydrogen-bond acceptors (Lipinski definition) is 6. The molecular weight excluding hydrogens is 426 g/mol. The van der Waals surface area contributed by atoms with Crippen LogP contribution in [0.4, 0.5) is 0 Å². The van der Waals surface area contributed by atoms with E-state index in [0.29, 0.717) is 5.56 Å². The number of rotatable bonds is 5. The van der Waals surface area contributed by atoms with Crippen molar-refractivity contribution in [2.75, 3.05) is 24.6 Å². The van der Waals surface area contributed by atoms with Crippen molar-refractivity contribution >= 4 is 25.8 Å². The summed E-state index contributed by atoms with van der Waals surface area (Å²) in [5.41, 5.74) is -0.321. The number of sulfonamides is 1. The van der Waals surface area contributed by atoms with E-state index in [0.717, 1.165) is 32.4 Å². The second-order valence-corrected chi connectivity index (χ2v) is 13.0. The van der Waals surface area contributed by atoms with E-state index in [1.54, 1.807) is 20.8 Å². The molecule has 0 saturated carbocycles. The molecule has 0 radical (unpaired) electrons. The Labute approximate surface area is 179 Å². The fraction of sp³-hybridized carbons (Fsp3) is 0.650. The van der Waals surface area contributed by atoms with Gasteiger partial charge in [-0.25, -0.2) is 21.6 Å². The number of piperidine rings is 1. The first-order valence-electron chi connectivity index (χ1n) is 10.3. The Morgan fingerprint density at radius 2 is 1.63 bits per heavy atom. The van der Waals surface area contributed by atoms with Gasteiger partial charge in [0.25, 0.3) is 5.91 Å². The van der Waals surface area contributed by atoms with Crippen LogP contribution in [0.5, 0.6) is 0 Å². The van der Waals surface area contributed by atoms with Gasteiger partial charge in [-0.15, -0.1) is 0 Å². The zero-order valence-electron chi connectivity index (χ0n) is 17.7. The van der Waals surface area contributed by atoms with Crippen LogP contribution in [0.25, 0.3) is 0 Å². The largest absolute Gasteiger partial charge is 0.347 e. The summed E-state index contributed by atoms with van der Waals surface area (Å²) < 4.78 is 51.9. The van der Waals surface area contributed by atoms with Crippen LogP contribution in [0.1, 0.15) is 50.4 Å². The fourth-order valence-electron chi connectivity index (χ4n) is 4.08. The Morgan fingerprint density at radius 3 is 2.20 bits per heavy atom. The number of hydrogen-bond donors (Lipinski definition) is 2. The van der Waals surface area contributed by atoms with Crippen molar-refractivity contribution in [2.24, 2.45) is 0 Å². The number of benzene rings is 1. The molecule has 1 aromatic rings. The van der Waals surface area contributed by atoms with Gasteiger partial charge in [0.1, 0.15) is 0 Å². The molecule has 3 rings (SSSR count). The minimum atomic E-state index is -3.69. The molecule has 8 nitrogen and oxygen atoms in total. The Kier molecular flexibility index (Phi) is 6.62. The lowest BCUT2D eigenvalue weighted by atomic mass is 10.0. The van der Waals surface area contributed by atoms with Crippen LogP contribution in [0.3, 0.4) is 0 Å². The number of amides is 1. The SMILES string of the molecule is CC(C)(C)NS(=O)(=O)c1ccc(C(=O)NC2CS(=O)(=O)CC2N2CCCCC2)cc1. The van der Waals surface area contributed by atoms with E-state index in [-0.39, 0.29) is 22.4 Å². The van der Waals surface area contributed by atoms with E-state index < -0.39 is 37.3 Å². The summed E-state index contributed by atoms with van der Waals surface area (Å²) in [5.74, 6) is -0.401. The maximum absolute atomic E-state index is 12.7. The fourth-order valence-corrected chi connectivity index (χ4v) is 7.45. The third kappa shape index (κ3) is 5.81. The van der Waals surface area contributed by atoms with Crippen LogP contribution in [0.2, 0.25) is 0 Å². The average Bonchev–Trinajstić information content (AvgIpc) is 2.95. The van der Waals surface area contributed by atoms with Gasteiger partial charge in [-0.3, -0.25) is 9.69 Å². The molecule has 2 N–H and O–H groups in total. The molecule has 2 atom stereocenters. The maximum atomic E-state index is 12.7. The van der Waals surface area contributed by atoms with Crippen molar-refractivity contribution in [3.05, 3.63) is 29.8 Å². The first kappa shape index (κ1) is 23.2. The highest BCUT2D eigenvalue weighted by molar-refractivity contribution is 7.91. The number of nitrogens with one attached hydrogen (secondary N) is 2. The predicted molar refractivity (Wildman–Crippen MR) is 116 cm³/mol. The Morgan fingerprint density at radius 1 is 1.03 bits per heavy atom. The quantitative estimate of drug-likeness (QED) is 0.686. The van der Waals surface area contributed by atoms with Crippen molar-refractivity contribution < 1.29 is 21.6 Å². The molecule has 168 valence electrons. The number of sulfone groups is 1.